The van der Waals surface area contributed by atoms with Crippen molar-refractivity contribution in [3.05, 3.63) is 164 Å². The fraction of sp³-hybridized carbons (Fsp3) is 0. The monoisotopic (exact) mass is 693 g/mol. The maximum atomic E-state index is 6.22. The summed E-state index contributed by atoms with van der Waals surface area (Å²) >= 11 is 1.88. The Hall–Kier alpha value is -6.82. The third-order valence-corrected chi connectivity index (χ3v) is 12.0. The molecule has 0 bridgehead atoms. The molecule has 4 aromatic heterocycles. The zero-order valence-electron chi connectivity index (χ0n) is 28.2. The molecule has 53 heavy (non-hydrogen) atoms. The van der Waals surface area contributed by atoms with Crippen molar-refractivity contribution >= 4 is 97.1 Å². The highest BCUT2D eigenvalue weighted by Crippen LogP contribution is 2.44. The topological polar surface area (TPSA) is 43.9 Å². The molecule has 246 valence electrons. The summed E-state index contributed by atoms with van der Waals surface area (Å²) in [7, 11) is 0. The summed E-state index contributed by atoms with van der Waals surface area (Å²) in [5.74, 6) is 0. The Kier molecular flexibility index (Phi) is 5.90. The number of hydrogen-bond acceptors (Lipinski definition) is 4. The number of benzene rings is 8. The predicted molar refractivity (Wildman–Crippen MR) is 222 cm³/mol. The van der Waals surface area contributed by atoms with Crippen molar-refractivity contribution in [2.24, 2.45) is 0 Å². The van der Waals surface area contributed by atoms with E-state index in [1.807, 2.05) is 47.7 Å². The average molecular weight is 694 g/mol. The minimum Gasteiger partial charge on any atom is -0.436 e. The summed E-state index contributed by atoms with van der Waals surface area (Å²) in [6, 6.07) is 58.5. The second-order valence-electron chi connectivity index (χ2n) is 13.8. The molecule has 0 fully saturated rings. The van der Waals surface area contributed by atoms with Gasteiger partial charge < -0.3 is 8.98 Å². The molecule has 12 rings (SSSR count). The van der Waals surface area contributed by atoms with E-state index in [1.165, 1.54) is 63.5 Å². The number of aromatic nitrogens is 3. The fourth-order valence-electron chi connectivity index (χ4n) is 8.29. The quantitative estimate of drug-likeness (QED) is 0.185. The van der Waals surface area contributed by atoms with E-state index in [0.29, 0.717) is 5.71 Å². The van der Waals surface area contributed by atoms with Crippen LogP contribution in [0.5, 0.6) is 0 Å². The third kappa shape index (κ3) is 4.23. The van der Waals surface area contributed by atoms with Gasteiger partial charge in [0.2, 0.25) is 5.71 Å². The molecule has 0 saturated heterocycles. The molecule has 0 atom stereocenters. The number of rotatable bonds is 3. The van der Waals surface area contributed by atoms with Crippen molar-refractivity contribution in [3.8, 4) is 28.2 Å². The molecule has 0 aliphatic carbocycles. The molecule has 0 aliphatic rings. The van der Waals surface area contributed by atoms with Crippen LogP contribution < -0.4 is 0 Å². The average Bonchev–Trinajstić information content (AvgIpc) is 3.87. The molecule has 4 heterocycles. The zero-order chi connectivity index (χ0) is 34.6. The molecule has 0 saturated carbocycles. The highest BCUT2D eigenvalue weighted by molar-refractivity contribution is 7.26. The molecule has 8 aromatic carbocycles. The Balaban J connectivity index is 1.15. The molecule has 12 aromatic rings. The largest absolute Gasteiger partial charge is 0.436 e. The fourth-order valence-corrected chi connectivity index (χ4v) is 9.54. The van der Waals surface area contributed by atoms with E-state index in [9.17, 15) is 0 Å². The zero-order valence-corrected chi connectivity index (χ0v) is 29.1. The molecule has 0 N–H and O–H groups in total. The van der Waals surface area contributed by atoms with Gasteiger partial charge in [0, 0.05) is 53.1 Å². The second-order valence-corrected chi connectivity index (χ2v) is 14.8. The van der Waals surface area contributed by atoms with E-state index in [-0.39, 0.29) is 0 Å². The van der Waals surface area contributed by atoms with Gasteiger partial charge >= 0.3 is 0 Å². The van der Waals surface area contributed by atoms with Crippen LogP contribution in [0, 0.1) is 0 Å². The second kappa shape index (κ2) is 10.8. The number of para-hydroxylation sites is 1. The highest BCUT2D eigenvalue weighted by Gasteiger charge is 2.21. The van der Waals surface area contributed by atoms with Crippen LogP contribution >= 0.6 is 11.3 Å². The minimum absolute atomic E-state index is 0.541. The van der Waals surface area contributed by atoms with E-state index >= 15 is 0 Å². The van der Waals surface area contributed by atoms with Crippen LogP contribution in [0.15, 0.2) is 168 Å². The first kappa shape index (κ1) is 28.8. The van der Waals surface area contributed by atoms with E-state index in [4.69, 9.17) is 14.4 Å². The first-order chi connectivity index (χ1) is 26.2. The van der Waals surface area contributed by atoms with E-state index in [0.717, 1.165) is 44.7 Å². The van der Waals surface area contributed by atoms with Gasteiger partial charge in [-0.3, -0.25) is 0 Å². The van der Waals surface area contributed by atoms with Crippen molar-refractivity contribution in [2.75, 3.05) is 0 Å². The number of fused-ring (bicyclic) bond motifs is 12. The predicted octanol–water partition coefficient (Wildman–Crippen LogP) is 13.5. The summed E-state index contributed by atoms with van der Waals surface area (Å²) in [4.78, 5) is 10.5. The van der Waals surface area contributed by atoms with Crippen molar-refractivity contribution in [2.45, 2.75) is 0 Å². The van der Waals surface area contributed by atoms with E-state index in [2.05, 4.69) is 132 Å². The van der Waals surface area contributed by atoms with Crippen LogP contribution in [0.4, 0.5) is 0 Å². The molecular weight excluding hydrogens is 667 g/mol. The van der Waals surface area contributed by atoms with E-state index in [1.54, 1.807) is 0 Å². The summed E-state index contributed by atoms with van der Waals surface area (Å²) in [6.07, 6.45) is 0. The number of nitrogens with zero attached hydrogens (tertiary/aromatic N) is 3. The van der Waals surface area contributed by atoms with Gasteiger partial charge in [0.15, 0.2) is 0 Å². The first-order valence-corrected chi connectivity index (χ1v) is 18.6. The molecule has 0 amide bonds. The van der Waals surface area contributed by atoms with Crippen LogP contribution in [-0.2, 0) is 0 Å². The normalized spacial score (nSPS) is 12.2. The van der Waals surface area contributed by atoms with E-state index < -0.39 is 0 Å². The minimum atomic E-state index is 0.541. The Morgan fingerprint density at radius 3 is 2.04 bits per heavy atom. The van der Waals surface area contributed by atoms with Crippen molar-refractivity contribution in [1.82, 2.24) is 14.5 Å². The van der Waals surface area contributed by atoms with Crippen molar-refractivity contribution in [1.29, 1.82) is 0 Å². The first-order valence-electron chi connectivity index (χ1n) is 17.8. The Labute approximate surface area is 306 Å². The number of thiophene rings is 1. The van der Waals surface area contributed by atoms with Crippen LogP contribution in [-0.4, -0.2) is 14.5 Å². The third-order valence-electron chi connectivity index (χ3n) is 10.8. The standard InChI is InChI=1S/C48H27N3OS/c1-2-12-29(13-3-1)44-45(49-46-36-19-8-9-20-42(36)52-48(46)50-44)32-16-10-17-33(23-32)51-40-25-31-15-5-4-14-30(31)24-37(40)38-26-39-35-22-21-28-11-6-7-18-34(28)47(35)53-43(39)27-41(38)51/h1-27H. The van der Waals surface area contributed by atoms with Crippen LogP contribution in [0.25, 0.3) is 114 Å². The van der Waals surface area contributed by atoms with Gasteiger partial charge in [-0.25, -0.2) is 9.97 Å². The number of furan rings is 1. The van der Waals surface area contributed by atoms with Crippen LogP contribution in [0.1, 0.15) is 0 Å². The molecule has 0 spiro atoms. The van der Waals surface area contributed by atoms with Crippen LogP contribution in [0.2, 0.25) is 0 Å². The lowest BCUT2D eigenvalue weighted by Crippen LogP contribution is -1.97. The Morgan fingerprint density at radius 2 is 1.15 bits per heavy atom. The Bertz CT molecular complexity index is 3460. The van der Waals surface area contributed by atoms with Crippen molar-refractivity contribution in [3.63, 3.8) is 0 Å². The summed E-state index contributed by atoms with van der Waals surface area (Å²) in [5, 5.41) is 11.1. The van der Waals surface area contributed by atoms with Gasteiger partial charge in [-0.2, -0.15) is 0 Å². The van der Waals surface area contributed by atoms with Gasteiger partial charge in [-0.15, -0.1) is 11.3 Å². The molecule has 4 nitrogen and oxygen atoms in total. The van der Waals surface area contributed by atoms with Crippen molar-refractivity contribution < 1.29 is 4.42 Å². The highest BCUT2D eigenvalue weighted by atomic mass is 32.1. The summed E-state index contributed by atoms with van der Waals surface area (Å²) in [5.41, 5.74) is 9.12. The number of hydrogen-bond donors (Lipinski definition) is 0. The molecule has 0 aliphatic heterocycles. The summed E-state index contributed by atoms with van der Waals surface area (Å²) in [6.45, 7) is 0. The molecular formula is C48H27N3OS. The SMILES string of the molecule is c1ccc(-c2nc3oc4ccccc4c3nc2-c2cccc(-n3c4cc5ccccc5cc4c4cc5c(cc43)sc3c4ccccc4ccc53)c2)cc1. The van der Waals surface area contributed by atoms with Gasteiger partial charge in [0.25, 0.3) is 0 Å². The van der Waals surface area contributed by atoms with Crippen LogP contribution in [0.3, 0.4) is 0 Å². The lowest BCUT2D eigenvalue weighted by Gasteiger charge is -2.13. The van der Waals surface area contributed by atoms with Gasteiger partial charge in [-0.1, -0.05) is 115 Å². The Morgan fingerprint density at radius 1 is 0.453 bits per heavy atom. The molecule has 5 heteroatoms. The maximum Gasteiger partial charge on any atom is 0.246 e. The van der Waals surface area contributed by atoms with Gasteiger partial charge in [0.05, 0.1) is 16.7 Å². The lowest BCUT2D eigenvalue weighted by molar-refractivity contribution is 0.653. The summed E-state index contributed by atoms with van der Waals surface area (Å²) < 4.78 is 11.3. The van der Waals surface area contributed by atoms with Gasteiger partial charge in [-0.05, 0) is 70.1 Å². The van der Waals surface area contributed by atoms with Gasteiger partial charge in [0.1, 0.15) is 16.8 Å². The molecule has 0 unspecified atom stereocenters. The smallest absolute Gasteiger partial charge is 0.246 e. The maximum absolute atomic E-state index is 6.22. The molecule has 0 radical (unpaired) electrons. The lowest BCUT2D eigenvalue weighted by atomic mass is 10.0.